The van der Waals surface area contributed by atoms with Crippen LogP contribution in [0.5, 0.6) is 11.5 Å². The highest BCUT2D eigenvalue weighted by atomic mass is 16.5. The van der Waals surface area contributed by atoms with E-state index in [4.69, 9.17) is 9.47 Å². The first-order chi connectivity index (χ1) is 8.56. The lowest BCUT2D eigenvalue weighted by Gasteiger charge is -2.12. The minimum absolute atomic E-state index is 0.121. The highest BCUT2D eigenvalue weighted by molar-refractivity contribution is 5.74. The van der Waals surface area contributed by atoms with Crippen molar-refractivity contribution in [3.8, 4) is 11.5 Å². The summed E-state index contributed by atoms with van der Waals surface area (Å²) in [6.45, 7) is 4.27. The Morgan fingerprint density at radius 3 is 2.44 bits per heavy atom. The van der Waals surface area contributed by atoms with Gasteiger partial charge in [0.1, 0.15) is 0 Å². The highest BCUT2D eigenvalue weighted by Gasteiger charge is 2.06. The van der Waals surface area contributed by atoms with E-state index in [9.17, 15) is 4.79 Å². The van der Waals surface area contributed by atoms with E-state index in [-0.39, 0.29) is 12.1 Å². The van der Waals surface area contributed by atoms with E-state index in [1.807, 2.05) is 32.0 Å². The number of rotatable bonds is 5. The summed E-state index contributed by atoms with van der Waals surface area (Å²) in [5.41, 5.74) is 0.951. The molecule has 0 spiro atoms. The Hall–Kier alpha value is -1.91. The summed E-state index contributed by atoms with van der Waals surface area (Å²) in [6.07, 6.45) is 0. The van der Waals surface area contributed by atoms with Gasteiger partial charge >= 0.3 is 6.03 Å². The molecule has 1 aromatic rings. The van der Waals surface area contributed by atoms with Gasteiger partial charge in [0, 0.05) is 12.6 Å². The van der Waals surface area contributed by atoms with Crippen molar-refractivity contribution >= 4 is 6.03 Å². The van der Waals surface area contributed by atoms with E-state index >= 15 is 0 Å². The standard InChI is InChI=1S/C13H20N2O3/c1-9(2)15-13(16)14-8-10-5-6-11(17-3)12(7-10)18-4/h5-7,9H,8H2,1-4H3,(H2,14,15,16). The largest absolute Gasteiger partial charge is 0.493 e. The molecule has 0 atom stereocenters. The van der Waals surface area contributed by atoms with Crippen LogP contribution in [-0.2, 0) is 6.54 Å². The number of carbonyl (C=O) groups excluding carboxylic acids is 1. The first-order valence-corrected chi connectivity index (χ1v) is 5.82. The third kappa shape index (κ3) is 4.16. The van der Waals surface area contributed by atoms with Crippen LogP contribution in [0.3, 0.4) is 0 Å². The lowest BCUT2D eigenvalue weighted by Crippen LogP contribution is -2.39. The Morgan fingerprint density at radius 1 is 1.22 bits per heavy atom. The zero-order valence-electron chi connectivity index (χ0n) is 11.2. The maximum Gasteiger partial charge on any atom is 0.315 e. The molecule has 0 fully saturated rings. The van der Waals surface area contributed by atoms with Crippen molar-refractivity contribution in [2.24, 2.45) is 0 Å². The minimum atomic E-state index is -0.181. The maximum absolute atomic E-state index is 11.4. The molecule has 2 amide bonds. The second-order valence-electron chi connectivity index (χ2n) is 4.17. The molecule has 0 bridgehead atoms. The molecule has 1 rings (SSSR count). The normalized spacial score (nSPS) is 10.1. The molecule has 0 aliphatic carbocycles. The Morgan fingerprint density at radius 2 is 1.89 bits per heavy atom. The molecule has 1 aromatic carbocycles. The van der Waals surface area contributed by atoms with Crippen molar-refractivity contribution < 1.29 is 14.3 Å². The van der Waals surface area contributed by atoms with Crippen LogP contribution >= 0.6 is 0 Å². The van der Waals surface area contributed by atoms with Crippen LogP contribution in [0.15, 0.2) is 18.2 Å². The Balaban J connectivity index is 2.60. The van der Waals surface area contributed by atoms with E-state index in [0.29, 0.717) is 18.0 Å². The van der Waals surface area contributed by atoms with Crippen LogP contribution in [0, 0.1) is 0 Å². The second-order valence-corrected chi connectivity index (χ2v) is 4.17. The van der Waals surface area contributed by atoms with E-state index in [0.717, 1.165) is 5.56 Å². The van der Waals surface area contributed by atoms with Crippen molar-refractivity contribution in [1.82, 2.24) is 10.6 Å². The minimum Gasteiger partial charge on any atom is -0.493 e. The molecular weight excluding hydrogens is 232 g/mol. The van der Waals surface area contributed by atoms with Gasteiger partial charge in [-0.15, -0.1) is 0 Å². The van der Waals surface area contributed by atoms with Crippen molar-refractivity contribution in [1.29, 1.82) is 0 Å². The van der Waals surface area contributed by atoms with Gasteiger partial charge in [-0.25, -0.2) is 4.79 Å². The molecule has 0 radical (unpaired) electrons. The molecule has 0 heterocycles. The molecule has 5 nitrogen and oxygen atoms in total. The van der Waals surface area contributed by atoms with E-state index in [2.05, 4.69) is 10.6 Å². The van der Waals surface area contributed by atoms with Gasteiger partial charge in [0.25, 0.3) is 0 Å². The van der Waals surface area contributed by atoms with Gasteiger partial charge in [-0.05, 0) is 31.5 Å². The number of ether oxygens (including phenoxy) is 2. The third-order valence-electron chi connectivity index (χ3n) is 2.32. The number of benzene rings is 1. The lowest BCUT2D eigenvalue weighted by atomic mass is 10.2. The van der Waals surface area contributed by atoms with Gasteiger partial charge in [0.15, 0.2) is 11.5 Å². The Labute approximate surface area is 107 Å². The molecule has 5 heteroatoms. The number of hydrogen-bond donors (Lipinski definition) is 2. The zero-order chi connectivity index (χ0) is 13.5. The van der Waals surface area contributed by atoms with Gasteiger partial charge in [0.05, 0.1) is 14.2 Å². The highest BCUT2D eigenvalue weighted by Crippen LogP contribution is 2.27. The monoisotopic (exact) mass is 252 g/mol. The Bertz CT molecular complexity index is 405. The molecule has 100 valence electrons. The first kappa shape index (κ1) is 14.2. The van der Waals surface area contributed by atoms with E-state index in [1.54, 1.807) is 14.2 Å². The van der Waals surface area contributed by atoms with Crippen molar-refractivity contribution in [3.05, 3.63) is 23.8 Å². The molecular formula is C13H20N2O3. The van der Waals surface area contributed by atoms with Crippen LogP contribution in [0.4, 0.5) is 4.79 Å². The second kappa shape index (κ2) is 6.74. The average molecular weight is 252 g/mol. The van der Waals surface area contributed by atoms with Crippen LogP contribution < -0.4 is 20.1 Å². The molecule has 0 aromatic heterocycles. The van der Waals surface area contributed by atoms with Gasteiger partial charge < -0.3 is 20.1 Å². The summed E-state index contributed by atoms with van der Waals surface area (Å²) in [5.74, 6) is 1.33. The smallest absolute Gasteiger partial charge is 0.315 e. The lowest BCUT2D eigenvalue weighted by molar-refractivity contribution is 0.238. The zero-order valence-corrected chi connectivity index (χ0v) is 11.2. The average Bonchev–Trinajstić information content (AvgIpc) is 2.35. The number of methoxy groups -OCH3 is 2. The molecule has 0 saturated carbocycles. The molecule has 0 unspecified atom stereocenters. The quantitative estimate of drug-likeness (QED) is 0.841. The summed E-state index contributed by atoms with van der Waals surface area (Å²) in [5, 5.41) is 5.53. The summed E-state index contributed by atoms with van der Waals surface area (Å²) in [7, 11) is 3.17. The predicted octanol–water partition coefficient (Wildman–Crippen LogP) is 1.91. The first-order valence-electron chi connectivity index (χ1n) is 5.82. The summed E-state index contributed by atoms with van der Waals surface area (Å²) in [6, 6.07) is 5.48. The maximum atomic E-state index is 11.4. The molecule has 18 heavy (non-hydrogen) atoms. The van der Waals surface area contributed by atoms with Crippen LogP contribution in [0.25, 0.3) is 0 Å². The fourth-order valence-corrected chi connectivity index (χ4v) is 1.49. The van der Waals surface area contributed by atoms with Crippen molar-refractivity contribution in [2.45, 2.75) is 26.4 Å². The molecule has 0 aliphatic rings. The molecule has 2 N–H and O–H groups in total. The fourth-order valence-electron chi connectivity index (χ4n) is 1.49. The number of urea groups is 1. The number of hydrogen-bond acceptors (Lipinski definition) is 3. The molecule has 0 saturated heterocycles. The predicted molar refractivity (Wildman–Crippen MR) is 70.1 cm³/mol. The summed E-state index contributed by atoms with van der Waals surface area (Å²) >= 11 is 0. The topological polar surface area (TPSA) is 59.6 Å². The van der Waals surface area contributed by atoms with E-state index in [1.165, 1.54) is 0 Å². The third-order valence-corrected chi connectivity index (χ3v) is 2.32. The number of amides is 2. The molecule has 0 aliphatic heterocycles. The SMILES string of the molecule is COc1ccc(CNC(=O)NC(C)C)cc1OC. The van der Waals surface area contributed by atoms with Crippen LogP contribution in [0.2, 0.25) is 0 Å². The number of carbonyl (C=O) groups is 1. The van der Waals surface area contributed by atoms with Crippen molar-refractivity contribution in [3.63, 3.8) is 0 Å². The fraction of sp³-hybridized carbons (Fsp3) is 0.462. The van der Waals surface area contributed by atoms with Gasteiger partial charge in [-0.3, -0.25) is 0 Å². The van der Waals surface area contributed by atoms with Crippen LogP contribution in [-0.4, -0.2) is 26.3 Å². The number of nitrogens with one attached hydrogen (secondary N) is 2. The van der Waals surface area contributed by atoms with Crippen molar-refractivity contribution in [2.75, 3.05) is 14.2 Å². The van der Waals surface area contributed by atoms with E-state index < -0.39 is 0 Å². The summed E-state index contributed by atoms with van der Waals surface area (Å²) in [4.78, 5) is 11.4. The Kier molecular flexibility index (Phi) is 5.30. The van der Waals surface area contributed by atoms with Gasteiger partial charge in [-0.1, -0.05) is 6.07 Å². The van der Waals surface area contributed by atoms with Gasteiger partial charge in [-0.2, -0.15) is 0 Å². The van der Waals surface area contributed by atoms with Gasteiger partial charge in [0.2, 0.25) is 0 Å². The summed E-state index contributed by atoms with van der Waals surface area (Å²) < 4.78 is 10.3. The van der Waals surface area contributed by atoms with Crippen LogP contribution in [0.1, 0.15) is 19.4 Å².